The molecule has 0 spiro atoms. The van der Waals surface area contributed by atoms with E-state index in [0.717, 1.165) is 6.08 Å². The molecule has 0 aromatic heterocycles. The lowest BCUT2D eigenvalue weighted by Gasteiger charge is -2.17. The molecule has 54 valence electrons. The topological polar surface area (TPSA) is 69.3 Å². The molecule has 0 aliphatic heterocycles. The van der Waals surface area contributed by atoms with Crippen molar-refractivity contribution in [3.8, 4) is 0 Å². The molecular formula is C5H12N2O2. The second kappa shape index (κ2) is 2.93. The minimum absolute atomic E-state index is 0.0549. The molecule has 0 fully saturated rings. The highest BCUT2D eigenvalue weighted by atomic mass is 16.5. The van der Waals surface area contributed by atoms with Gasteiger partial charge in [0.2, 0.25) is 0 Å². The Labute approximate surface area is 54.4 Å². The highest BCUT2D eigenvalue weighted by Gasteiger charge is 1.99. The van der Waals surface area contributed by atoms with E-state index in [2.05, 4.69) is 0 Å². The maximum Gasteiger partial charge on any atom is 0.112 e. The van der Waals surface area contributed by atoms with E-state index in [1.807, 2.05) is 0 Å². The fraction of sp³-hybridized carbons (Fsp3) is 0.600. The van der Waals surface area contributed by atoms with Crippen molar-refractivity contribution < 1.29 is 14.8 Å². The van der Waals surface area contributed by atoms with Crippen LogP contribution in [0.25, 0.3) is 0 Å². The largest absolute Gasteiger partial charge is 0.828 e. The highest BCUT2D eigenvalue weighted by molar-refractivity contribution is 4.73. The molecule has 1 unspecified atom stereocenters. The van der Waals surface area contributed by atoms with Crippen LogP contribution in [-0.2, 0) is 0 Å². The predicted octanol–water partition coefficient (Wildman–Crippen LogP) is -1.87. The van der Waals surface area contributed by atoms with Gasteiger partial charge in [0.15, 0.2) is 0 Å². The van der Waals surface area contributed by atoms with Crippen LogP contribution in [0.2, 0.25) is 0 Å². The number of quaternary nitrogens is 1. The number of aliphatic hydroxyl groups is 1. The summed E-state index contributed by atoms with van der Waals surface area (Å²) < 4.78 is 0.0549. The van der Waals surface area contributed by atoms with Crippen LogP contribution < -0.4 is 10.9 Å². The molecule has 4 heteroatoms. The molecule has 0 aliphatic carbocycles. The summed E-state index contributed by atoms with van der Waals surface area (Å²) in [6, 6.07) is 0. The van der Waals surface area contributed by atoms with Gasteiger partial charge in [0.25, 0.3) is 0 Å². The third kappa shape index (κ3) is 7.58. The van der Waals surface area contributed by atoms with E-state index >= 15 is 0 Å². The lowest BCUT2D eigenvalue weighted by molar-refractivity contribution is -0.851. The van der Waals surface area contributed by atoms with E-state index in [9.17, 15) is 5.11 Å². The smallest absolute Gasteiger partial charge is 0.112 e. The minimum atomic E-state index is -1.66. The molecule has 0 radical (unpaired) electrons. The summed E-state index contributed by atoms with van der Waals surface area (Å²) in [6.45, 7) is 0. The second-order valence-corrected chi connectivity index (χ2v) is 2.36. The lowest BCUT2D eigenvalue weighted by atomic mass is 10.5. The monoisotopic (exact) mass is 132 g/mol. The van der Waals surface area contributed by atoms with Crippen molar-refractivity contribution in [2.24, 2.45) is 5.84 Å². The molecule has 3 N–H and O–H groups in total. The van der Waals surface area contributed by atoms with Crippen molar-refractivity contribution in [3.63, 3.8) is 0 Å². The fourth-order valence-electron chi connectivity index (χ4n) is 0.295. The van der Waals surface area contributed by atoms with Crippen molar-refractivity contribution in [1.29, 1.82) is 0 Å². The average Bonchev–Trinajstić information content (AvgIpc) is 1.59. The third-order valence-corrected chi connectivity index (χ3v) is 0.635. The van der Waals surface area contributed by atoms with Gasteiger partial charge in [-0.2, -0.15) is 5.84 Å². The van der Waals surface area contributed by atoms with Crippen LogP contribution in [0.5, 0.6) is 0 Å². The minimum Gasteiger partial charge on any atom is -0.828 e. The van der Waals surface area contributed by atoms with Crippen molar-refractivity contribution >= 4 is 0 Å². The summed E-state index contributed by atoms with van der Waals surface area (Å²) in [5, 5.41) is 18.2. The van der Waals surface area contributed by atoms with Gasteiger partial charge in [-0.1, -0.05) is 0 Å². The number of hydrogen-bond donors (Lipinski definition) is 2. The van der Waals surface area contributed by atoms with E-state index in [1.165, 1.54) is 6.20 Å². The SMILES string of the molecule is C[N+](C)(N)/C=C/C([O-])O. The zero-order valence-corrected chi connectivity index (χ0v) is 5.61. The molecular weight excluding hydrogens is 120 g/mol. The van der Waals surface area contributed by atoms with E-state index in [-0.39, 0.29) is 4.59 Å². The first-order valence-corrected chi connectivity index (χ1v) is 2.57. The van der Waals surface area contributed by atoms with E-state index in [1.54, 1.807) is 14.1 Å². The van der Waals surface area contributed by atoms with Gasteiger partial charge >= 0.3 is 0 Å². The van der Waals surface area contributed by atoms with Crippen molar-refractivity contribution in [2.45, 2.75) is 6.29 Å². The van der Waals surface area contributed by atoms with Crippen molar-refractivity contribution in [2.75, 3.05) is 14.1 Å². The Bertz CT molecular complexity index is 104. The van der Waals surface area contributed by atoms with Crippen LogP contribution in [0.15, 0.2) is 12.3 Å². The summed E-state index contributed by atoms with van der Waals surface area (Å²) in [5.41, 5.74) is 0. The van der Waals surface area contributed by atoms with Gasteiger partial charge in [-0.05, 0) is 6.08 Å². The third-order valence-electron chi connectivity index (χ3n) is 0.635. The first kappa shape index (κ1) is 8.58. The zero-order valence-electron chi connectivity index (χ0n) is 5.61. The molecule has 1 atom stereocenters. The Morgan fingerprint density at radius 2 is 2.11 bits per heavy atom. The molecule has 0 aromatic rings. The summed E-state index contributed by atoms with van der Waals surface area (Å²) in [5.74, 6) is 5.38. The summed E-state index contributed by atoms with van der Waals surface area (Å²) in [4.78, 5) is 0. The van der Waals surface area contributed by atoms with Crippen molar-refractivity contribution in [1.82, 2.24) is 0 Å². The van der Waals surface area contributed by atoms with Crippen LogP contribution in [0.3, 0.4) is 0 Å². The molecule has 0 aromatic carbocycles. The molecule has 0 saturated carbocycles. The maximum atomic E-state index is 9.98. The Hall–Kier alpha value is -0.420. The van der Waals surface area contributed by atoms with Gasteiger partial charge in [0.05, 0.1) is 14.1 Å². The number of hydrogen-bond acceptors (Lipinski definition) is 3. The number of nitrogens with zero attached hydrogens (tertiary/aromatic N) is 1. The molecule has 0 amide bonds. The molecule has 4 nitrogen and oxygen atoms in total. The molecule has 0 rings (SSSR count). The van der Waals surface area contributed by atoms with E-state index in [4.69, 9.17) is 10.9 Å². The van der Waals surface area contributed by atoms with Crippen LogP contribution in [0, 0.1) is 0 Å². The molecule has 0 saturated heterocycles. The van der Waals surface area contributed by atoms with Crippen LogP contribution >= 0.6 is 0 Å². The van der Waals surface area contributed by atoms with Gasteiger partial charge < -0.3 is 10.2 Å². The highest BCUT2D eigenvalue weighted by Crippen LogP contribution is 1.86. The number of aliphatic hydroxyl groups excluding tert-OH is 1. The average molecular weight is 132 g/mol. The Balaban J connectivity index is 3.71. The summed E-state index contributed by atoms with van der Waals surface area (Å²) in [7, 11) is 3.36. The second-order valence-electron chi connectivity index (χ2n) is 2.36. The van der Waals surface area contributed by atoms with E-state index < -0.39 is 6.29 Å². The van der Waals surface area contributed by atoms with Gasteiger partial charge in [-0.15, -0.1) is 0 Å². The maximum absolute atomic E-state index is 9.98. The quantitative estimate of drug-likeness (QED) is 0.200. The Morgan fingerprint density at radius 3 is 2.22 bits per heavy atom. The molecule has 0 heterocycles. The summed E-state index contributed by atoms with van der Waals surface area (Å²) in [6.07, 6.45) is 0.850. The van der Waals surface area contributed by atoms with Gasteiger partial charge in [0.1, 0.15) is 6.20 Å². The molecule has 0 aliphatic rings. The van der Waals surface area contributed by atoms with E-state index in [0.29, 0.717) is 0 Å². The standard InChI is InChI=1S/C5H12N2O2/c1-7(2,6)4-3-5(8)9/h3-5,8H,6H2,1-2H3/b4-3+. The van der Waals surface area contributed by atoms with Crippen LogP contribution in [-0.4, -0.2) is 30.1 Å². The molecule has 0 bridgehead atoms. The van der Waals surface area contributed by atoms with Gasteiger partial charge in [-0.25, -0.2) is 4.59 Å². The Morgan fingerprint density at radius 1 is 1.67 bits per heavy atom. The van der Waals surface area contributed by atoms with Gasteiger partial charge in [0, 0.05) is 6.29 Å². The lowest BCUT2D eigenvalue weighted by Crippen LogP contribution is -2.41. The predicted molar refractivity (Wildman–Crippen MR) is 31.4 cm³/mol. The van der Waals surface area contributed by atoms with Crippen LogP contribution in [0.1, 0.15) is 0 Å². The fourth-order valence-corrected chi connectivity index (χ4v) is 0.295. The van der Waals surface area contributed by atoms with Crippen molar-refractivity contribution in [3.05, 3.63) is 12.3 Å². The number of rotatable bonds is 2. The Kier molecular flexibility index (Phi) is 2.80. The van der Waals surface area contributed by atoms with Crippen LogP contribution in [0.4, 0.5) is 0 Å². The molecule has 9 heavy (non-hydrogen) atoms. The first-order chi connectivity index (χ1) is 3.92. The van der Waals surface area contributed by atoms with Gasteiger partial charge in [-0.3, -0.25) is 0 Å². The number of nitrogens with two attached hydrogens (primary N) is 1. The first-order valence-electron chi connectivity index (χ1n) is 2.57. The summed E-state index contributed by atoms with van der Waals surface area (Å²) >= 11 is 0. The zero-order chi connectivity index (χ0) is 7.49. The normalized spacial score (nSPS) is 16.6.